The summed E-state index contributed by atoms with van der Waals surface area (Å²) in [4.78, 5) is 0. The predicted octanol–water partition coefficient (Wildman–Crippen LogP) is 3.88. The second-order valence-corrected chi connectivity index (χ2v) is 4.64. The molecular weight excluding hydrogens is 170 g/mol. The monoisotopic (exact) mass is 197 g/mol. The van der Waals surface area contributed by atoms with Crippen molar-refractivity contribution in [3.63, 3.8) is 0 Å². The Morgan fingerprint density at radius 3 is 1.00 bits per heavy atom. The van der Waals surface area contributed by atoms with E-state index in [9.17, 15) is 0 Å². The Labute approximate surface area is 89.7 Å². The van der Waals surface area contributed by atoms with Crippen molar-refractivity contribution >= 4 is 0 Å². The Morgan fingerprint density at radius 2 is 0.643 bits per heavy atom. The van der Waals surface area contributed by atoms with Crippen molar-refractivity contribution in [3.05, 3.63) is 0 Å². The SMILES string of the molecule is C1CCCCCCNCCCCCC1. The van der Waals surface area contributed by atoms with Gasteiger partial charge in [0.15, 0.2) is 0 Å². The Balaban J connectivity index is 2.00. The molecule has 1 saturated heterocycles. The Morgan fingerprint density at radius 1 is 0.357 bits per heavy atom. The minimum atomic E-state index is 1.25. The third-order valence-corrected chi connectivity index (χ3v) is 3.21. The highest BCUT2D eigenvalue weighted by Gasteiger charge is 1.95. The van der Waals surface area contributed by atoms with Crippen LogP contribution in [0.3, 0.4) is 0 Å². The zero-order valence-electron chi connectivity index (χ0n) is 9.69. The standard InChI is InChI=1S/C13H27N/c1-2-4-6-8-10-12-14-13-11-9-7-5-3-1/h14H,1-13H2. The van der Waals surface area contributed by atoms with Crippen LogP contribution in [0.15, 0.2) is 0 Å². The summed E-state index contributed by atoms with van der Waals surface area (Å²) in [5.41, 5.74) is 0. The van der Waals surface area contributed by atoms with Gasteiger partial charge in [-0.2, -0.15) is 0 Å². The molecule has 1 nitrogen and oxygen atoms in total. The maximum absolute atomic E-state index is 3.54. The Kier molecular flexibility index (Phi) is 8.18. The molecule has 0 aliphatic carbocycles. The Bertz CT molecular complexity index is 58.5. The van der Waals surface area contributed by atoms with Gasteiger partial charge in [-0.25, -0.2) is 0 Å². The van der Waals surface area contributed by atoms with E-state index in [1.54, 1.807) is 0 Å². The lowest BCUT2D eigenvalue weighted by molar-refractivity contribution is 0.511. The van der Waals surface area contributed by atoms with E-state index in [1.165, 1.54) is 83.7 Å². The Hall–Kier alpha value is -0.0400. The number of hydrogen-bond acceptors (Lipinski definition) is 1. The molecule has 0 radical (unpaired) electrons. The maximum atomic E-state index is 3.54. The lowest BCUT2D eigenvalue weighted by atomic mass is 10.1. The van der Waals surface area contributed by atoms with Gasteiger partial charge < -0.3 is 5.32 Å². The van der Waals surface area contributed by atoms with Crippen molar-refractivity contribution in [2.24, 2.45) is 0 Å². The molecule has 84 valence electrons. The van der Waals surface area contributed by atoms with Gasteiger partial charge in [0.1, 0.15) is 0 Å². The maximum Gasteiger partial charge on any atom is -0.00489 e. The fourth-order valence-corrected chi connectivity index (χ4v) is 2.22. The van der Waals surface area contributed by atoms with Crippen LogP contribution in [0, 0.1) is 0 Å². The van der Waals surface area contributed by atoms with Gasteiger partial charge in [-0.05, 0) is 25.9 Å². The van der Waals surface area contributed by atoms with Crippen LogP contribution in [0.2, 0.25) is 0 Å². The van der Waals surface area contributed by atoms with E-state index in [0.29, 0.717) is 0 Å². The van der Waals surface area contributed by atoms with E-state index < -0.39 is 0 Å². The van der Waals surface area contributed by atoms with Crippen molar-refractivity contribution < 1.29 is 0 Å². The third kappa shape index (κ3) is 7.37. The smallest absolute Gasteiger partial charge is 0.00489 e. The molecule has 0 aromatic carbocycles. The molecule has 0 aromatic heterocycles. The summed E-state index contributed by atoms with van der Waals surface area (Å²) in [5.74, 6) is 0. The van der Waals surface area contributed by atoms with Gasteiger partial charge in [-0.1, -0.05) is 57.8 Å². The number of rotatable bonds is 0. The molecule has 1 N–H and O–H groups in total. The van der Waals surface area contributed by atoms with Crippen molar-refractivity contribution in [2.75, 3.05) is 13.1 Å². The topological polar surface area (TPSA) is 12.0 Å². The second kappa shape index (κ2) is 9.51. The van der Waals surface area contributed by atoms with E-state index in [2.05, 4.69) is 5.32 Å². The van der Waals surface area contributed by atoms with Crippen LogP contribution in [0.5, 0.6) is 0 Å². The largest absolute Gasteiger partial charge is 0.317 e. The normalized spacial score (nSPS) is 24.0. The average Bonchev–Trinajstić information content (AvgIpc) is 2.22. The molecule has 0 saturated carbocycles. The van der Waals surface area contributed by atoms with Gasteiger partial charge in [0.05, 0.1) is 0 Å². The summed E-state index contributed by atoms with van der Waals surface area (Å²) in [6.07, 6.45) is 16.0. The molecular formula is C13H27N. The molecule has 14 heavy (non-hydrogen) atoms. The first-order chi connectivity index (χ1) is 7.00. The summed E-state index contributed by atoms with van der Waals surface area (Å²) in [5, 5.41) is 3.54. The fourth-order valence-electron chi connectivity index (χ4n) is 2.22. The molecule has 0 atom stereocenters. The highest BCUT2D eigenvalue weighted by atomic mass is 14.8. The first-order valence-corrected chi connectivity index (χ1v) is 6.71. The predicted molar refractivity (Wildman–Crippen MR) is 63.7 cm³/mol. The molecule has 1 aliphatic rings. The second-order valence-electron chi connectivity index (χ2n) is 4.64. The first-order valence-electron chi connectivity index (χ1n) is 6.71. The molecule has 1 heterocycles. The van der Waals surface area contributed by atoms with Crippen LogP contribution >= 0.6 is 0 Å². The zero-order valence-corrected chi connectivity index (χ0v) is 9.69. The summed E-state index contributed by atoms with van der Waals surface area (Å²) in [6.45, 7) is 2.50. The van der Waals surface area contributed by atoms with Crippen molar-refractivity contribution in [1.29, 1.82) is 0 Å². The quantitative estimate of drug-likeness (QED) is 0.621. The van der Waals surface area contributed by atoms with Crippen molar-refractivity contribution in [1.82, 2.24) is 5.32 Å². The van der Waals surface area contributed by atoms with E-state index in [0.717, 1.165) is 0 Å². The van der Waals surface area contributed by atoms with Gasteiger partial charge in [-0.3, -0.25) is 0 Å². The van der Waals surface area contributed by atoms with Gasteiger partial charge >= 0.3 is 0 Å². The van der Waals surface area contributed by atoms with Crippen LogP contribution in [-0.4, -0.2) is 13.1 Å². The minimum Gasteiger partial charge on any atom is -0.317 e. The highest BCUT2D eigenvalue weighted by molar-refractivity contribution is 4.53. The number of hydrogen-bond donors (Lipinski definition) is 1. The van der Waals surface area contributed by atoms with E-state index in [4.69, 9.17) is 0 Å². The van der Waals surface area contributed by atoms with Gasteiger partial charge in [0.25, 0.3) is 0 Å². The van der Waals surface area contributed by atoms with E-state index in [1.807, 2.05) is 0 Å². The molecule has 0 bridgehead atoms. The molecule has 0 unspecified atom stereocenters. The van der Waals surface area contributed by atoms with Crippen LogP contribution in [0.1, 0.15) is 70.6 Å². The number of nitrogens with one attached hydrogen (secondary N) is 1. The summed E-state index contributed by atoms with van der Waals surface area (Å²) < 4.78 is 0. The zero-order chi connectivity index (χ0) is 9.90. The molecule has 0 spiro atoms. The van der Waals surface area contributed by atoms with Crippen LogP contribution in [0.4, 0.5) is 0 Å². The van der Waals surface area contributed by atoms with Crippen LogP contribution in [-0.2, 0) is 0 Å². The lowest BCUT2D eigenvalue weighted by Gasteiger charge is -2.07. The molecule has 0 amide bonds. The molecule has 1 heteroatoms. The third-order valence-electron chi connectivity index (χ3n) is 3.21. The fraction of sp³-hybridized carbons (Fsp3) is 1.00. The van der Waals surface area contributed by atoms with Crippen LogP contribution in [0.25, 0.3) is 0 Å². The van der Waals surface area contributed by atoms with E-state index in [-0.39, 0.29) is 0 Å². The molecule has 1 aliphatic heterocycles. The summed E-state index contributed by atoms with van der Waals surface area (Å²) in [6, 6.07) is 0. The lowest BCUT2D eigenvalue weighted by Crippen LogP contribution is -2.16. The van der Waals surface area contributed by atoms with Gasteiger partial charge in [0, 0.05) is 0 Å². The molecule has 1 rings (SSSR count). The van der Waals surface area contributed by atoms with Crippen LogP contribution < -0.4 is 5.32 Å². The van der Waals surface area contributed by atoms with Gasteiger partial charge in [0.2, 0.25) is 0 Å². The average molecular weight is 197 g/mol. The van der Waals surface area contributed by atoms with E-state index >= 15 is 0 Å². The highest BCUT2D eigenvalue weighted by Crippen LogP contribution is 2.11. The first kappa shape index (κ1) is 12.0. The summed E-state index contributed by atoms with van der Waals surface area (Å²) >= 11 is 0. The van der Waals surface area contributed by atoms with Crippen molar-refractivity contribution in [3.8, 4) is 0 Å². The van der Waals surface area contributed by atoms with Crippen molar-refractivity contribution in [2.45, 2.75) is 70.6 Å². The molecule has 1 fully saturated rings. The minimum absolute atomic E-state index is 1.25. The van der Waals surface area contributed by atoms with Gasteiger partial charge in [-0.15, -0.1) is 0 Å². The summed E-state index contributed by atoms with van der Waals surface area (Å²) in [7, 11) is 0. The molecule has 0 aromatic rings.